The molecule has 0 spiro atoms. The summed E-state index contributed by atoms with van der Waals surface area (Å²) in [5.74, 6) is 1.33. The molecular formula is C26H25N5O3S. The lowest BCUT2D eigenvalue weighted by Gasteiger charge is -2.07. The SMILES string of the molecule is COc1ccc(-[n+]2c(SCC(=O)NN=C(C)c3ccc([O-])cc3)n[nH]c2-c2ccc(C)cc2)cc1. The van der Waals surface area contributed by atoms with E-state index in [0.717, 1.165) is 34.0 Å². The average Bonchev–Trinajstić information content (AvgIpc) is 3.31. The Balaban J connectivity index is 1.53. The molecule has 4 rings (SSSR count). The number of methoxy groups -OCH3 is 1. The molecule has 1 heterocycles. The molecule has 8 nitrogen and oxygen atoms in total. The number of benzene rings is 3. The minimum absolute atomic E-state index is 0.0730. The minimum Gasteiger partial charge on any atom is -0.872 e. The van der Waals surface area contributed by atoms with Gasteiger partial charge in [-0.25, -0.2) is 5.43 Å². The number of nitrogens with zero attached hydrogens (tertiary/aromatic N) is 3. The first-order valence-corrected chi connectivity index (χ1v) is 11.9. The molecule has 35 heavy (non-hydrogen) atoms. The summed E-state index contributed by atoms with van der Waals surface area (Å²) in [4.78, 5) is 12.5. The van der Waals surface area contributed by atoms with Crippen LogP contribution in [0.1, 0.15) is 18.1 Å². The summed E-state index contributed by atoms with van der Waals surface area (Å²) < 4.78 is 7.26. The number of hydrogen-bond donors (Lipinski definition) is 2. The number of H-pyrrole nitrogens is 1. The van der Waals surface area contributed by atoms with Crippen molar-refractivity contribution in [2.45, 2.75) is 19.0 Å². The maximum absolute atomic E-state index is 12.5. The van der Waals surface area contributed by atoms with E-state index in [0.29, 0.717) is 10.9 Å². The highest BCUT2D eigenvalue weighted by Crippen LogP contribution is 2.22. The van der Waals surface area contributed by atoms with E-state index in [1.54, 1.807) is 26.2 Å². The summed E-state index contributed by atoms with van der Waals surface area (Å²) in [5.41, 5.74) is 6.97. The number of hydrazone groups is 1. The highest BCUT2D eigenvalue weighted by atomic mass is 32.2. The predicted molar refractivity (Wildman–Crippen MR) is 134 cm³/mol. The summed E-state index contributed by atoms with van der Waals surface area (Å²) in [6.45, 7) is 3.81. The van der Waals surface area contributed by atoms with Crippen molar-refractivity contribution >= 4 is 23.4 Å². The van der Waals surface area contributed by atoms with Crippen LogP contribution >= 0.6 is 11.8 Å². The van der Waals surface area contributed by atoms with Gasteiger partial charge in [0.25, 0.3) is 11.7 Å². The first-order valence-electron chi connectivity index (χ1n) is 10.9. The Labute approximate surface area is 207 Å². The third kappa shape index (κ3) is 5.88. The number of hydrogen-bond acceptors (Lipinski definition) is 6. The van der Waals surface area contributed by atoms with Gasteiger partial charge in [0.2, 0.25) is 0 Å². The van der Waals surface area contributed by atoms with E-state index in [2.05, 4.69) is 20.7 Å². The lowest BCUT2D eigenvalue weighted by molar-refractivity contribution is -0.625. The number of thioether (sulfide) groups is 1. The normalized spacial score (nSPS) is 11.3. The quantitative estimate of drug-likeness (QED) is 0.172. The Morgan fingerprint density at radius 2 is 1.77 bits per heavy atom. The Morgan fingerprint density at radius 1 is 1.09 bits per heavy atom. The van der Waals surface area contributed by atoms with E-state index in [-0.39, 0.29) is 17.4 Å². The maximum Gasteiger partial charge on any atom is 0.342 e. The van der Waals surface area contributed by atoms with Gasteiger partial charge in [0.1, 0.15) is 11.4 Å². The topological polar surface area (TPSA) is 106 Å². The molecule has 0 radical (unpaired) electrons. The van der Waals surface area contributed by atoms with Crippen molar-refractivity contribution in [1.82, 2.24) is 15.6 Å². The van der Waals surface area contributed by atoms with Crippen LogP contribution in [0.5, 0.6) is 11.5 Å². The molecule has 1 aromatic heterocycles. The third-order valence-corrected chi connectivity index (χ3v) is 6.22. The Bertz CT molecular complexity index is 1330. The molecule has 0 aliphatic rings. The zero-order valence-electron chi connectivity index (χ0n) is 19.6. The van der Waals surface area contributed by atoms with Crippen LogP contribution in [-0.2, 0) is 4.79 Å². The largest absolute Gasteiger partial charge is 0.872 e. The van der Waals surface area contributed by atoms with Crippen molar-refractivity contribution in [1.29, 1.82) is 0 Å². The van der Waals surface area contributed by atoms with Gasteiger partial charge in [-0.2, -0.15) is 9.67 Å². The summed E-state index contributed by atoms with van der Waals surface area (Å²) in [6, 6.07) is 22.1. The lowest BCUT2D eigenvalue weighted by atomic mass is 10.1. The molecule has 0 unspecified atom stereocenters. The van der Waals surface area contributed by atoms with E-state index in [4.69, 9.17) is 4.74 Å². The van der Waals surface area contributed by atoms with Crippen LogP contribution in [0, 0.1) is 6.92 Å². The highest BCUT2D eigenvalue weighted by molar-refractivity contribution is 7.99. The van der Waals surface area contributed by atoms with Gasteiger partial charge < -0.3 is 9.84 Å². The molecule has 4 aromatic rings. The number of aromatic nitrogens is 3. The van der Waals surface area contributed by atoms with Crippen molar-refractivity contribution in [3.8, 4) is 28.6 Å². The standard InChI is InChI=1S/C26H25N5O3S/c1-17-4-6-20(7-5-17)25-29-30-26(31(25)21-10-14-23(34-3)15-11-21)35-16-24(33)28-27-18(2)19-8-12-22(32)13-9-19/h4-15H,16H2,1-3H3,(H2,27,28,32,33). The third-order valence-electron chi connectivity index (χ3n) is 5.28. The van der Waals surface area contributed by atoms with Crippen LogP contribution < -0.4 is 19.8 Å². The van der Waals surface area contributed by atoms with Gasteiger partial charge in [0.05, 0.1) is 29.2 Å². The first kappa shape index (κ1) is 24.0. The predicted octanol–water partition coefficient (Wildman–Crippen LogP) is 3.38. The smallest absolute Gasteiger partial charge is 0.342 e. The van der Waals surface area contributed by atoms with Gasteiger partial charge in [-0.1, -0.05) is 42.0 Å². The van der Waals surface area contributed by atoms with Crippen LogP contribution in [0.4, 0.5) is 0 Å². The van der Waals surface area contributed by atoms with Crippen molar-refractivity contribution < 1.29 is 19.2 Å². The van der Waals surface area contributed by atoms with Crippen LogP contribution in [0.15, 0.2) is 83.1 Å². The van der Waals surface area contributed by atoms with E-state index in [1.807, 2.05) is 60.0 Å². The molecule has 0 aliphatic carbocycles. The molecule has 1 amide bonds. The fraction of sp³-hybridized carbons (Fsp3) is 0.154. The van der Waals surface area contributed by atoms with Gasteiger partial charge in [0.15, 0.2) is 0 Å². The zero-order valence-corrected chi connectivity index (χ0v) is 20.4. The number of nitrogens with one attached hydrogen (secondary N) is 2. The van der Waals surface area contributed by atoms with Crippen molar-refractivity contribution in [3.05, 3.63) is 83.9 Å². The second-order valence-corrected chi connectivity index (χ2v) is 8.74. The number of rotatable bonds is 8. The molecule has 0 saturated carbocycles. The molecule has 0 saturated heterocycles. The number of aryl methyl sites for hydroxylation is 1. The lowest BCUT2D eigenvalue weighted by Crippen LogP contribution is -2.34. The first-order chi connectivity index (χ1) is 16.9. The second kappa shape index (κ2) is 10.9. The highest BCUT2D eigenvalue weighted by Gasteiger charge is 2.24. The molecule has 3 aromatic carbocycles. The van der Waals surface area contributed by atoms with Crippen molar-refractivity contribution in [3.63, 3.8) is 0 Å². The summed E-state index contributed by atoms with van der Waals surface area (Å²) in [7, 11) is 1.63. The van der Waals surface area contributed by atoms with Crippen molar-refractivity contribution in [2.24, 2.45) is 5.10 Å². The fourth-order valence-electron chi connectivity index (χ4n) is 3.34. The molecule has 0 bridgehead atoms. The molecule has 9 heteroatoms. The van der Waals surface area contributed by atoms with E-state index < -0.39 is 0 Å². The fourth-order valence-corrected chi connectivity index (χ4v) is 4.10. The Hall–Kier alpha value is -4.11. The van der Waals surface area contributed by atoms with E-state index in [9.17, 15) is 9.90 Å². The Kier molecular flexibility index (Phi) is 7.47. The minimum atomic E-state index is -0.268. The zero-order chi connectivity index (χ0) is 24.8. The van der Waals surface area contributed by atoms with Crippen LogP contribution in [0.3, 0.4) is 0 Å². The maximum atomic E-state index is 12.5. The van der Waals surface area contributed by atoms with E-state index in [1.165, 1.54) is 23.9 Å². The summed E-state index contributed by atoms with van der Waals surface area (Å²) in [5, 5.41) is 23.6. The van der Waals surface area contributed by atoms with E-state index >= 15 is 0 Å². The number of carbonyl (C=O) groups is 1. The van der Waals surface area contributed by atoms with Gasteiger partial charge in [-0.3, -0.25) is 4.79 Å². The van der Waals surface area contributed by atoms with Crippen LogP contribution in [-0.4, -0.2) is 34.7 Å². The molecule has 0 atom stereocenters. The van der Waals surface area contributed by atoms with Gasteiger partial charge in [-0.15, -0.1) is 10.8 Å². The van der Waals surface area contributed by atoms with Gasteiger partial charge >= 0.3 is 5.16 Å². The second-order valence-electron chi connectivity index (χ2n) is 7.80. The number of carbonyl (C=O) groups excluding carboxylic acids is 1. The van der Waals surface area contributed by atoms with Crippen molar-refractivity contribution in [2.75, 3.05) is 12.9 Å². The molecular weight excluding hydrogens is 462 g/mol. The number of aromatic amines is 1. The summed E-state index contributed by atoms with van der Waals surface area (Å²) in [6.07, 6.45) is 0. The van der Waals surface area contributed by atoms with Gasteiger partial charge in [-0.05, 0) is 67.6 Å². The molecule has 2 N–H and O–H groups in total. The number of amides is 1. The molecule has 178 valence electrons. The Morgan fingerprint density at radius 3 is 2.43 bits per heavy atom. The van der Waals surface area contributed by atoms with Crippen LogP contribution in [0.25, 0.3) is 17.1 Å². The number of ether oxygens (including phenoxy) is 1. The molecule has 0 aliphatic heterocycles. The van der Waals surface area contributed by atoms with Gasteiger partial charge in [0, 0.05) is 0 Å². The summed E-state index contributed by atoms with van der Waals surface area (Å²) >= 11 is 1.29. The monoisotopic (exact) mass is 487 g/mol. The molecule has 0 fully saturated rings. The van der Waals surface area contributed by atoms with Crippen LogP contribution in [0.2, 0.25) is 0 Å². The average molecular weight is 488 g/mol.